The Labute approximate surface area is 347 Å². The summed E-state index contributed by atoms with van der Waals surface area (Å²) in [5, 5.41) is 10.8. The number of ether oxygens (including phenoxy) is 2. The molecule has 3 aromatic heterocycles. The molecule has 3 aromatic carbocycles. The fourth-order valence-electron chi connectivity index (χ4n) is 8.46. The average Bonchev–Trinajstić information content (AvgIpc) is 4.02. The zero-order chi connectivity index (χ0) is 42.1. The number of halogens is 1. The molecular weight excluding hydrogens is 788 g/mol. The van der Waals surface area contributed by atoms with Gasteiger partial charge in [0.2, 0.25) is 5.91 Å². The number of thiophene rings is 1. The molecule has 0 unspecified atom stereocenters. The number of carbonyl (C=O) groups excluding carboxylic acids is 1. The van der Waals surface area contributed by atoms with Crippen molar-refractivity contribution in [3.63, 3.8) is 0 Å². The number of rotatable bonds is 15. The van der Waals surface area contributed by atoms with Crippen molar-refractivity contribution >= 4 is 46.2 Å². The lowest BCUT2D eigenvalue weighted by Crippen LogP contribution is -2.65. The zero-order valence-corrected chi connectivity index (χ0v) is 36.1. The molecule has 310 valence electrons. The van der Waals surface area contributed by atoms with Gasteiger partial charge in [-0.1, -0.05) is 99.7 Å². The molecule has 1 aliphatic rings. The minimum absolute atomic E-state index is 0.0378. The summed E-state index contributed by atoms with van der Waals surface area (Å²) < 4.78 is 30.3. The second kappa shape index (κ2) is 17.2. The van der Waals surface area contributed by atoms with Crippen LogP contribution in [-0.2, 0) is 16.1 Å². The summed E-state index contributed by atoms with van der Waals surface area (Å²) in [5.74, 6) is -0.388. The van der Waals surface area contributed by atoms with Gasteiger partial charge in [-0.15, -0.1) is 4.80 Å². The Morgan fingerprint density at radius 1 is 1.02 bits per heavy atom. The summed E-state index contributed by atoms with van der Waals surface area (Å²) in [7, 11) is -1.80. The van der Waals surface area contributed by atoms with Crippen LogP contribution in [0.4, 0.5) is 4.39 Å². The van der Waals surface area contributed by atoms with Gasteiger partial charge in [0, 0.05) is 36.7 Å². The lowest BCUT2D eigenvalue weighted by molar-refractivity contribution is -0.133. The third kappa shape index (κ3) is 7.96. The molecule has 0 spiro atoms. The van der Waals surface area contributed by atoms with Gasteiger partial charge >= 0.3 is 5.69 Å². The predicted molar refractivity (Wildman–Crippen MR) is 230 cm³/mol. The van der Waals surface area contributed by atoms with Gasteiger partial charge in [-0.05, 0) is 59.8 Å². The predicted octanol–water partition coefficient (Wildman–Crippen LogP) is 5.76. The number of nitrogens with zero attached hydrogens (tertiary/aromatic N) is 6. The maximum atomic E-state index is 15.1. The first-order chi connectivity index (χ1) is 28.3. The Balaban J connectivity index is 1.27. The van der Waals surface area contributed by atoms with Crippen LogP contribution in [0.25, 0.3) is 15.2 Å². The van der Waals surface area contributed by atoms with E-state index in [0.29, 0.717) is 57.9 Å². The first kappa shape index (κ1) is 41.9. The highest BCUT2D eigenvalue weighted by atomic mass is 32.1. The van der Waals surface area contributed by atoms with Crippen LogP contribution in [0.15, 0.2) is 101 Å². The van der Waals surface area contributed by atoms with E-state index in [1.54, 1.807) is 17.3 Å². The Hall–Kier alpha value is -5.22. The van der Waals surface area contributed by atoms with Crippen molar-refractivity contribution in [2.24, 2.45) is 5.92 Å². The molecule has 0 saturated carbocycles. The molecule has 7 rings (SSSR count). The van der Waals surface area contributed by atoms with Crippen molar-refractivity contribution in [3.05, 3.63) is 129 Å². The fraction of sp³-hybridized carbons (Fsp3) is 0.386. The largest absolute Gasteiger partial charge is 0.496 e. The molecule has 0 aliphatic carbocycles. The average molecular weight is 839 g/mol. The standard InChI is InChI=1S/C44H51FN6O6SSi/c1-29(2)39(52)48-24-20-32(27-48)50-40(53)38-30(3)41(51-46-22-23-47-51)58-42(38)49(43(50)54)28-37(35-26-31(45)18-19-36(35)56-6)57-25-13-21-44(4,5)59(55,33-14-9-7-10-15-33)34-16-11-8-12-17-34/h7-12,14-19,22-23,26,29,32,37,55H,13,20-21,24-25,27-28H2,1-6H3/t32-,37+/m1/s1. The first-order valence-corrected chi connectivity index (χ1v) is 22.8. The number of methoxy groups -OCH3 is 1. The third-order valence-corrected chi connectivity index (χ3v) is 17.5. The maximum Gasteiger partial charge on any atom is 0.332 e. The van der Waals surface area contributed by atoms with Crippen LogP contribution in [0.1, 0.15) is 70.2 Å². The number of hydrogen-bond donors (Lipinski definition) is 1. The molecule has 1 amide bonds. The van der Waals surface area contributed by atoms with Gasteiger partial charge in [-0.25, -0.2) is 9.18 Å². The molecule has 12 nitrogen and oxygen atoms in total. The van der Waals surface area contributed by atoms with Crippen molar-refractivity contribution in [1.29, 1.82) is 0 Å². The summed E-state index contributed by atoms with van der Waals surface area (Å²) in [4.78, 5) is 58.6. The molecule has 6 aromatic rings. The summed E-state index contributed by atoms with van der Waals surface area (Å²) in [6, 6.07) is 23.3. The highest BCUT2D eigenvalue weighted by Crippen LogP contribution is 2.41. The van der Waals surface area contributed by atoms with Crippen LogP contribution in [0.5, 0.6) is 5.75 Å². The van der Waals surface area contributed by atoms with Crippen molar-refractivity contribution in [1.82, 2.24) is 29.0 Å². The first-order valence-electron chi connectivity index (χ1n) is 20.0. The van der Waals surface area contributed by atoms with Crippen molar-refractivity contribution < 1.29 is 23.5 Å². The summed E-state index contributed by atoms with van der Waals surface area (Å²) in [5.41, 5.74) is 0.00684. The van der Waals surface area contributed by atoms with Gasteiger partial charge in [0.25, 0.3) is 13.9 Å². The van der Waals surface area contributed by atoms with E-state index in [4.69, 9.17) is 9.47 Å². The fourth-order valence-corrected chi connectivity index (χ4v) is 13.5. The molecular formula is C44H51FN6O6SSi. The van der Waals surface area contributed by atoms with E-state index in [2.05, 4.69) is 24.0 Å². The number of amides is 1. The Bertz CT molecular complexity index is 2500. The van der Waals surface area contributed by atoms with Crippen LogP contribution >= 0.6 is 11.3 Å². The number of likely N-dealkylation sites (tertiary alicyclic amines) is 1. The number of aromatic nitrogens is 5. The quantitative estimate of drug-likeness (QED) is 0.102. The van der Waals surface area contributed by atoms with Gasteiger partial charge in [0.05, 0.1) is 37.5 Å². The smallest absolute Gasteiger partial charge is 0.332 e. The van der Waals surface area contributed by atoms with Crippen LogP contribution in [0.2, 0.25) is 5.04 Å². The molecule has 0 bridgehead atoms. The third-order valence-electron chi connectivity index (χ3n) is 11.7. The number of benzene rings is 3. The molecule has 2 atom stereocenters. The van der Waals surface area contributed by atoms with Crippen LogP contribution in [0, 0.1) is 18.7 Å². The molecule has 4 heterocycles. The van der Waals surface area contributed by atoms with Gasteiger partial charge in [-0.3, -0.25) is 18.7 Å². The van der Waals surface area contributed by atoms with Gasteiger partial charge in [0.15, 0.2) is 0 Å². The van der Waals surface area contributed by atoms with Crippen LogP contribution < -0.4 is 26.4 Å². The summed E-state index contributed by atoms with van der Waals surface area (Å²) in [6.45, 7) is 10.4. The monoisotopic (exact) mass is 838 g/mol. The van der Waals surface area contributed by atoms with Crippen molar-refractivity contribution in [2.45, 2.75) is 77.6 Å². The summed E-state index contributed by atoms with van der Waals surface area (Å²) in [6.07, 6.45) is 3.75. The van der Waals surface area contributed by atoms with E-state index >= 15 is 4.39 Å². The second-order valence-corrected chi connectivity index (χ2v) is 21.1. The molecule has 1 fully saturated rings. The Kier molecular flexibility index (Phi) is 12.2. The van der Waals surface area contributed by atoms with E-state index in [9.17, 15) is 19.2 Å². The molecule has 15 heteroatoms. The Morgan fingerprint density at radius 2 is 1.66 bits per heavy atom. The summed E-state index contributed by atoms with van der Waals surface area (Å²) >= 11 is 1.22. The SMILES string of the molecule is COc1ccc(F)cc1[C@H](Cn1c(=O)n([C@@H]2CCN(C(=O)C(C)C)C2)c(=O)c2c(C)c(-n3nccn3)sc21)OCCCC(C)(C)[Si](O)(c1ccccc1)c1ccccc1. The zero-order valence-electron chi connectivity index (χ0n) is 34.3. The minimum Gasteiger partial charge on any atom is -0.496 e. The van der Waals surface area contributed by atoms with Crippen LogP contribution in [0.3, 0.4) is 0 Å². The maximum absolute atomic E-state index is 15.1. The molecule has 1 aliphatic heterocycles. The number of hydrogen-bond acceptors (Lipinski definition) is 9. The van der Waals surface area contributed by atoms with Crippen molar-refractivity contribution in [3.8, 4) is 10.8 Å². The number of fused-ring (bicyclic) bond motifs is 1. The molecule has 59 heavy (non-hydrogen) atoms. The van der Waals surface area contributed by atoms with E-state index in [1.165, 1.54) is 50.6 Å². The lowest BCUT2D eigenvalue weighted by Gasteiger charge is -2.41. The van der Waals surface area contributed by atoms with E-state index in [0.717, 1.165) is 10.4 Å². The second-order valence-electron chi connectivity index (χ2n) is 16.2. The molecule has 0 radical (unpaired) electrons. The molecule has 1 N–H and O–H groups in total. The van der Waals surface area contributed by atoms with Gasteiger partial charge in [0.1, 0.15) is 27.5 Å². The van der Waals surface area contributed by atoms with Gasteiger partial charge in [-0.2, -0.15) is 10.2 Å². The highest BCUT2D eigenvalue weighted by Gasteiger charge is 2.49. The van der Waals surface area contributed by atoms with E-state index < -0.39 is 42.6 Å². The topological polar surface area (TPSA) is 134 Å². The van der Waals surface area contributed by atoms with E-state index in [1.807, 2.05) is 81.4 Å². The highest BCUT2D eigenvalue weighted by molar-refractivity contribution is 7.21. The number of carbonyl (C=O) groups is 1. The Morgan fingerprint density at radius 3 is 2.27 bits per heavy atom. The minimum atomic E-state index is -3.30. The van der Waals surface area contributed by atoms with Crippen molar-refractivity contribution in [2.75, 3.05) is 26.8 Å². The normalized spacial score (nSPS) is 15.3. The lowest BCUT2D eigenvalue weighted by atomic mass is 10.1. The van der Waals surface area contributed by atoms with Crippen LogP contribution in [-0.4, -0.2) is 74.9 Å². The molecule has 1 saturated heterocycles. The van der Waals surface area contributed by atoms with E-state index in [-0.39, 0.29) is 31.5 Å². The van der Waals surface area contributed by atoms with Gasteiger partial charge < -0.3 is 19.2 Å². The number of aryl methyl sites for hydroxylation is 1.